The van der Waals surface area contributed by atoms with Gasteiger partial charge in [-0.25, -0.2) is 0 Å². The van der Waals surface area contributed by atoms with Crippen molar-refractivity contribution in [2.75, 3.05) is 10.2 Å². The zero-order valence-corrected chi connectivity index (χ0v) is 54.6. The van der Waals surface area contributed by atoms with Crippen LogP contribution >= 0.6 is 22.7 Å². The largest absolute Gasteiger partial charge is 0.355 e. The topological polar surface area (TPSA) is 15.3 Å². The highest BCUT2D eigenvalue weighted by Crippen LogP contribution is 2.58. The molecule has 0 spiro atoms. The van der Waals surface area contributed by atoms with Crippen molar-refractivity contribution in [2.24, 2.45) is 0 Å². The van der Waals surface area contributed by atoms with Gasteiger partial charge in [0.15, 0.2) is 7.28 Å². The lowest BCUT2D eigenvalue weighted by molar-refractivity contribution is 0.331. The van der Waals surface area contributed by atoms with Gasteiger partial charge in [-0.15, -0.1) is 22.7 Å². The third kappa shape index (κ3) is 7.89. The smallest absolute Gasteiger partial charge is 0.198 e. The second kappa shape index (κ2) is 17.3. The first kappa shape index (κ1) is 54.1. The molecule has 5 aliphatic carbocycles. The predicted octanol–water partition coefficient (Wildman–Crippen LogP) is 21.9. The Kier molecular flexibility index (Phi) is 11.3. The molecule has 423 valence electrons. The van der Waals surface area contributed by atoms with Crippen LogP contribution in [0, 0.1) is 6.92 Å². The number of aryl methyl sites for hydroxylation is 1. The number of hydrogen-bond acceptors (Lipinski definition) is 4. The van der Waals surface area contributed by atoms with Crippen LogP contribution in [0.25, 0.3) is 56.9 Å². The summed E-state index contributed by atoms with van der Waals surface area (Å²) in [4.78, 5) is 2.81. The van der Waals surface area contributed by atoms with Crippen molar-refractivity contribution in [1.82, 2.24) is 0 Å². The molecule has 1 N–H and O–H groups in total. The fourth-order valence-electron chi connectivity index (χ4n) is 16.9. The van der Waals surface area contributed by atoms with Crippen molar-refractivity contribution < 1.29 is 0 Å². The summed E-state index contributed by atoms with van der Waals surface area (Å²) in [6, 6.07) is 40.1. The Morgan fingerprint density at radius 1 is 0.422 bits per heavy atom. The van der Waals surface area contributed by atoms with E-state index in [9.17, 15) is 0 Å². The molecule has 0 unspecified atom stereocenters. The number of anilines is 4. The van der Waals surface area contributed by atoms with Crippen LogP contribution in [0.4, 0.5) is 22.7 Å². The monoisotopic (exact) mass is 1130 g/mol. The Bertz CT molecular complexity index is 4380. The summed E-state index contributed by atoms with van der Waals surface area (Å²) in [6.07, 6.45) is 10.4. The van der Waals surface area contributed by atoms with Crippen molar-refractivity contribution in [3.05, 3.63) is 164 Å². The molecular formula is C78H86BN2S2. The first-order valence-corrected chi connectivity index (χ1v) is 33.3. The summed E-state index contributed by atoms with van der Waals surface area (Å²) in [5.74, 6) is 0. The van der Waals surface area contributed by atoms with Crippen LogP contribution in [0.15, 0.2) is 103 Å². The van der Waals surface area contributed by atoms with E-state index in [-0.39, 0.29) is 43.3 Å². The van der Waals surface area contributed by atoms with Gasteiger partial charge in [0.05, 0.1) is 0 Å². The number of nitrogens with zero attached hydrogens (tertiary/aromatic N) is 1. The first-order chi connectivity index (χ1) is 38.9. The molecule has 7 aromatic carbocycles. The molecule has 0 atom stereocenters. The van der Waals surface area contributed by atoms with Crippen molar-refractivity contribution in [1.29, 1.82) is 0 Å². The van der Waals surface area contributed by atoms with Crippen LogP contribution in [0.3, 0.4) is 0 Å². The van der Waals surface area contributed by atoms with Gasteiger partial charge < -0.3 is 10.2 Å². The van der Waals surface area contributed by atoms with E-state index < -0.39 is 0 Å². The van der Waals surface area contributed by atoms with E-state index in [0.717, 1.165) is 6.42 Å². The second-order valence-corrected chi connectivity index (χ2v) is 34.3. The highest BCUT2D eigenvalue weighted by atomic mass is 32.1. The number of hydrogen-bond donors (Lipinski definition) is 1. The number of rotatable bonds is 4. The predicted molar refractivity (Wildman–Crippen MR) is 364 cm³/mol. The van der Waals surface area contributed by atoms with Gasteiger partial charge in [0.1, 0.15) is 0 Å². The van der Waals surface area contributed by atoms with Gasteiger partial charge in [0.2, 0.25) is 0 Å². The van der Waals surface area contributed by atoms with Gasteiger partial charge in [-0.3, -0.25) is 0 Å². The van der Waals surface area contributed by atoms with Crippen LogP contribution in [-0.2, 0) is 49.7 Å². The summed E-state index contributed by atoms with van der Waals surface area (Å²) >= 11 is 4.03. The maximum atomic E-state index is 4.30. The molecule has 5 heteroatoms. The Morgan fingerprint density at radius 2 is 0.940 bits per heavy atom. The molecule has 0 fully saturated rings. The van der Waals surface area contributed by atoms with E-state index in [2.05, 4.69) is 232 Å². The molecule has 6 aliphatic rings. The Balaban J connectivity index is 1.07. The summed E-state index contributed by atoms with van der Waals surface area (Å²) in [5, 5.41) is 9.73. The van der Waals surface area contributed by atoms with Crippen LogP contribution in [-0.4, -0.2) is 7.28 Å². The molecular weight excluding hydrogens is 1040 g/mol. The lowest BCUT2D eigenvalue weighted by Gasteiger charge is -2.44. The normalized spacial score (nSPS) is 21.4. The number of fused-ring (bicyclic) bond motifs is 13. The molecule has 0 bridgehead atoms. The zero-order chi connectivity index (χ0) is 58.2. The van der Waals surface area contributed by atoms with E-state index in [0.29, 0.717) is 0 Å². The summed E-state index contributed by atoms with van der Waals surface area (Å²) in [6.45, 7) is 42.2. The number of nitrogens with one attached hydrogen (secondary N) is 1. The minimum Gasteiger partial charge on any atom is -0.355 e. The third-order valence-electron chi connectivity index (χ3n) is 22.9. The average Bonchev–Trinajstić information content (AvgIpc) is 3.56. The van der Waals surface area contributed by atoms with Crippen molar-refractivity contribution in [3.63, 3.8) is 0 Å². The maximum Gasteiger partial charge on any atom is 0.198 e. The van der Waals surface area contributed by atoms with E-state index in [1.807, 2.05) is 22.7 Å². The lowest BCUT2D eigenvalue weighted by Crippen LogP contribution is -2.37. The minimum absolute atomic E-state index is 0.0471. The quantitative estimate of drug-likeness (QED) is 0.177. The molecule has 1 aliphatic heterocycles. The molecule has 2 aromatic heterocycles. The highest BCUT2D eigenvalue weighted by molar-refractivity contribution is 7.27. The van der Waals surface area contributed by atoms with E-state index in [1.54, 1.807) is 5.56 Å². The van der Waals surface area contributed by atoms with Crippen molar-refractivity contribution >= 4 is 104 Å². The molecule has 0 saturated carbocycles. The van der Waals surface area contributed by atoms with Gasteiger partial charge in [0.25, 0.3) is 0 Å². The average molecular weight is 1130 g/mol. The van der Waals surface area contributed by atoms with Crippen LogP contribution in [0.2, 0.25) is 0 Å². The second-order valence-electron chi connectivity index (χ2n) is 32.2. The third-order valence-corrected chi connectivity index (χ3v) is 25.3. The minimum atomic E-state index is 0.0471. The van der Waals surface area contributed by atoms with Crippen LogP contribution in [0.5, 0.6) is 0 Å². The molecule has 83 heavy (non-hydrogen) atoms. The Labute approximate surface area is 504 Å². The summed E-state index contributed by atoms with van der Waals surface area (Å²) in [7, 11) is 2.70. The standard InChI is InChI=1S/C78H86BN2S2/c1-43-34-52-57(77(14,15)32-28-72(52,4)5)41-60(43)81-61-36-44-35-53-55(75(10,11)30-29-73(53,6)7)38-48(44)67(61)79-68-62(81)40-50-46-20-18-19-21-63(46)82-70(50)66(68)65-59(80-45-22-24-51-54(37-45)74(8,9)27-26-71(51,2)3)25-23-47-49-39-56-58(42-64(49)83-69(47)65)78(16,17)33-31-76(56,12)13/h18-25,34-35,37-42,80H,26-33,36H2,1-17H3. The molecule has 0 amide bonds. The van der Waals surface area contributed by atoms with Crippen molar-refractivity contribution in [2.45, 2.75) is 219 Å². The summed E-state index contributed by atoms with van der Waals surface area (Å²) < 4.78 is 5.46. The van der Waals surface area contributed by atoms with E-state index in [4.69, 9.17) is 0 Å². The molecule has 3 heterocycles. The summed E-state index contributed by atoms with van der Waals surface area (Å²) in [5.41, 5.74) is 28.9. The van der Waals surface area contributed by atoms with Gasteiger partial charge in [-0.2, -0.15) is 0 Å². The van der Waals surface area contributed by atoms with Gasteiger partial charge in [-0.1, -0.05) is 165 Å². The van der Waals surface area contributed by atoms with E-state index in [1.165, 1.54) is 198 Å². The number of thiophene rings is 2. The SMILES string of the molecule is Cc1cc2c(cc1N1C3=C([B]c4c1cc1c(sc5ccccc51)c4-c1c(Nc4ccc5c(c4)C(C)(C)CCC5(C)C)ccc4c1sc1cc5c(cc14)C(C)(C)CCC5(C)C)c1cc4c(cc1C3)C(C)(C)CCC4(C)C)C(C)(C)CCC2(C)C. The number of benzene rings is 7. The molecule has 1 radical (unpaired) electrons. The molecule has 2 nitrogen and oxygen atoms in total. The fourth-order valence-corrected chi connectivity index (χ4v) is 19.4. The molecule has 15 rings (SSSR count). The van der Waals surface area contributed by atoms with Crippen LogP contribution in [0.1, 0.15) is 223 Å². The van der Waals surface area contributed by atoms with Gasteiger partial charge in [0, 0.05) is 80.8 Å². The maximum absolute atomic E-state index is 4.30. The first-order valence-electron chi connectivity index (χ1n) is 31.6. The van der Waals surface area contributed by atoms with Gasteiger partial charge in [-0.05, 0) is 222 Å². The van der Waals surface area contributed by atoms with Gasteiger partial charge >= 0.3 is 0 Å². The lowest BCUT2D eigenvalue weighted by atomic mass is 9.56. The fraction of sp³-hybridized carbons (Fsp3) is 0.436. The molecule has 9 aromatic rings. The van der Waals surface area contributed by atoms with E-state index >= 15 is 0 Å². The van der Waals surface area contributed by atoms with Crippen molar-refractivity contribution in [3.8, 4) is 11.1 Å². The van der Waals surface area contributed by atoms with Crippen LogP contribution < -0.4 is 15.7 Å². The molecule has 0 saturated heterocycles. The number of allylic oxidation sites excluding steroid dienone is 1. The highest BCUT2D eigenvalue weighted by Gasteiger charge is 2.45. The zero-order valence-electron chi connectivity index (χ0n) is 52.9. The Hall–Kier alpha value is -5.62. The Morgan fingerprint density at radius 3 is 1.58 bits per heavy atom.